The zero-order valence-corrected chi connectivity index (χ0v) is 16.6. The van der Waals surface area contributed by atoms with E-state index < -0.39 is 5.91 Å². The Balaban J connectivity index is 1.53. The van der Waals surface area contributed by atoms with E-state index in [1.165, 1.54) is 17.0 Å². The number of morpholine rings is 1. The van der Waals surface area contributed by atoms with Crippen LogP contribution in [0.3, 0.4) is 0 Å². The molecule has 1 amide bonds. The van der Waals surface area contributed by atoms with Crippen molar-refractivity contribution in [3.63, 3.8) is 0 Å². The molecule has 0 unspecified atom stereocenters. The number of carbonyl (C=O) groups is 1. The molecule has 1 atom stereocenters. The third-order valence-electron chi connectivity index (χ3n) is 4.73. The minimum absolute atomic E-state index is 0.00766. The van der Waals surface area contributed by atoms with E-state index in [4.69, 9.17) is 20.8 Å². The Labute approximate surface area is 170 Å². The average Bonchev–Trinajstić information content (AvgIpc) is 3.24. The summed E-state index contributed by atoms with van der Waals surface area (Å²) in [6.07, 6.45) is 0. The number of benzene rings is 1. The van der Waals surface area contributed by atoms with Crippen LogP contribution in [-0.4, -0.2) is 43.7 Å². The number of halogens is 1. The monoisotopic (exact) mass is 418 g/mol. The first-order chi connectivity index (χ1) is 13.6. The zero-order valence-electron chi connectivity index (χ0n) is 15.0. The second-order valence-corrected chi connectivity index (χ2v) is 7.92. The van der Waals surface area contributed by atoms with E-state index in [2.05, 4.69) is 16.3 Å². The van der Waals surface area contributed by atoms with Crippen LogP contribution in [0.25, 0.3) is 11.0 Å². The number of amides is 1. The SMILES string of the molecule is O=C(NC[C@H](c1cccs1)N1CCOCC1)c1cc(=O)c2cc(Cl)ccc2o1. The number of rotatable bonds is 5. The minimum Gasteiger partial charge on any atom is -0.451 e. The summed E-state index contributed by atoms with van der Waals surface area (Å²) < 4.78 is 11.1. The van der Waals surface area contributed by atoms with Crippen LogP contribution in [0.1, 0.15) is 21.5 Å². The van der Waals surface area contributed by atoms with Crippen molar-refractivity contribution >= 4 is 39.8 Å². The second-order valence-electron chi connectivity index (χ2n) is 6.50. The Kier molecular flexibility index (Phi) is 5.77. The molecule has 146 valence electrons. The largest absolute Gasteiger partial charge is 0.451 e. The van der Waals surface area contributed by atoms with Gasteiger partial charge >= 0.3 is 0 Å². The molecule has 4 rings (SSSR count). The molecule has 1 fully saturated rings. The van der Waals surface area contributed by atoms with Gasteiger partial charge < -0.3 is 14.5 Å². The first-order valence-corrected chi connectivity index (χ1v) is 10.2. The summed E-state index contributed by atoms with van der Waals surface area (Å²) in [6.45, 7) is 3.39. The molecule has 1 aromatic carbocycles. The summed E-state index contributed by atoms with van der Waals surface area (Å²) >= 11 is 7.59. The Bertz CT molecular complexity index is 1030. The van der Waals surface area contributed by atoms with Crippen molar-refractivity contribution in [1.29, 1.82) is 0 Å². The number of hydrogen-bond acceptors (Lipinski definition) is 6. The summed E-state index contributed by atoms with van der Waals surface area (Å²) in [4.78, 5) is 28.4. The molecule has 0 bridgehead atoms. The highest BCUT2D eigenvalue weighted by Gasteiger charge is 2.24. The van der Waals surface area contributed by atoms with Crippen molar-refractivity contribution in [2.45, 2.75) is 6.04 Å². The normalized spacial score (nSPS) is 16.2. The first kappa shape index (κ1) is 19.1. The van der Waals surface area contributed by atoms with Crippen LogP contribution in [0.2, 0.25) is 5.02 Å². The molecule has 0 saturated carbocycles. The van der Waals surface area contributed by atoms with Gasteiger partial charge in [0.2, 0.25) is 0 Å². The molecule has 0 radical (unpaired) electrons. The van der Waals surface area contributed by atoms with Crippen LogP contribution < -0.4 is 10.7 Å². The van der Waals surface area contributed by atoms with Gasteiger partial charge in [0.1, 0.15) is 5.58 Å². The van der Waals surface area contributed by atoms with Gasteiger partial charge in [-0.2, -0.15) is 0 Å². The van der Waals surface area contributed by atoms with E-state index in [0.717, 1.165) is 13.1 Å². The molecule has 6 nitrogen and oxygen atoms in total. The molecule has 1 aliphatic heterocycles. The summed E-state index contributed by atoms with van der Waals surface area (Å²) in [6, 6.07) is 10.1. The average molecular weight is 419 g/mol. The fraction of sp³-hybridized carbons (Fsp3) is 0.300. The van der Waals surface area contributed by atoms with Crippen LogP contribution in [-0.2, 0) is 4.74 Å². The molecule has 1 saturated heterocycles. The molecule has 3 heterocycles. The van der Waals surface area contributed by atoms with Crippen molar-refractivity contribution in [3.05, 3.63) is 67.7 Å². The molecular weight excluding hydrogens is 400 g/mol. The van der Waals surface area contributed by atoms with Crippen molar-refractivity contribution in [1.82, 2.24) is 10.2 Å². The Hall–Kier alpha value is -2.19. The summed E-state index contributed by atoms with van der Waals surface area (Å²) in [5.41, 5.74) is 0.0434. The highest BCUT2D eigenvalue weighted by molar-refractivity contribution is 7.10. The minimum atomic E-state index is -0.413. The summed E-state index contributed by atoms with van der Waals surface area (Å²) in [7, 11) is 0. The lowest BCUT2D eigenvalue weighted by molar-refractivity contribution is 0.0168. The zero-order chi connectivity index (χ0) is 19.5. The molecule has 0 spiro atoms. The van der Waals surface area contributed by atoms with Gasteiger partial charge in [0.25, 0.3) is 5.91 Å². The van der Waals surface area contributed by atoms with Gasteiger partial charge in [0.05, 0.1) is 24.6 Å². The molecule has 8 heteroatoms. The Morgan fingerprint density at radius 2 is 2.07 bits per heavy atom. The molecule has 1 N–H and O–H groups in total. The maximum atomic E-state index is 12.7. The van der Waals surface area contributed by atoms with E-state index in [1.54, 1.807) is 23.5 Å². The van der Waals surface area contributed by atoms with Crippen LogP contribution in [0, 0.1) is 0 Å². The lowest BCUT2D eigenvalue weighted by atomic mass is 10.1. The molecule has 1 aliphatic rings. The lowest BCUT2D eigenvalue weighted by Crippen LogP contribution is -2.43. The summed E-state index contributed by atoms with van der Waals surface area (Å²) in [5.74, 6) is -0.421. The van der Waals surface area contributed by atoms with E-state index >= 15 is 0 Å². The Morgan fingerprint density at radius 3 is 2.82 bits per heavy atom. The second kappa shape index (κ2) is 8.45. The number of nitrogens with one attached hydrogen (secondary N) is 1. The van der Waals surface area contributed by atoms with Crippen molar-refractivity contribution in [2.24, 2.45) is 0 Å². The fourth-order valence-electron chi connectivity index (χ4n) is 3.30. The highest BCUT2D eigenvalue weighted by Crippen LogP contribution is 2.25. The third kappa shape index (κ3) is 4.12. The molecule has 3 aromatic rings. The third-order valence-corrected chi connectivity index (χ3v) is 5.94. The molecule has 28 heavy (non-hydrogen) atoms. The maximum absolute atomic E-state index is 12.7. The molecule has 0 aliphatic carbocycles. The molecular formula is C20H19ClN2O4S. The Morgan fingerprint density at radius 1 is 1.25 bits per heavy atom. The van der Waals surface area contributed by atoms with Crippen molar-refractivity contribution in [2.75, 3.05) is 32.8 Å². The number of fused-ring (bicyclic) bond motifs is 1. The predicted molar refractivity (Wildman–Crippen MR) is 109 cm³/mol. The maximum Gasteiger partial charge on any atom is 0.287 e. The van der Waals surface area contributed by atoms with Gasteiger partial charge in [-0.1, -0.05) is 17.7 Å². The van der Waals surface area contributed by atoms with Gasteiger partial charge in [-0.15, -0.1) is 11.3 Å². The number of nitrogens with zero attached hydrogens (tertiary/aromatic N) is 1. The van der Waals surface area contributed by atoms with Crippen LogP contribution in [0.15, 0.2) is 51.0 Å². The van der Waals surface area contributed by atoms with Gasteiger partial charge in [0.15, 0.2) is 11.2 Å². The van der Waals surface area contributed by atoms with Gasteiger partial charge in [0, 0.05) is 35.6 Å². The fourth-order valence-corrected chi connectivity index (χ4v) is 4.33. The number of thiophene rings is 1. The lowest BCUT2D eigenvalue weighted by Gasteiger charge is -2.34. The highest BCUT2D eigenvalue weighted by atomic mass is 35.5. The van der Waals surface area contributed by atoms with E-state index in [0.29, 0.717) is 35.8 Å². The smallest absolute Gasteiger partial charge is 0.287 e. The van der Waals surface area contributed by atoms with Gasteiger partial charge in [-0.25, -0.2) is 0 Å². The van der Waals surface area contributed by atoms with Crippen molar-refractivity contribution in [3.8, 4) is 0 Å². The van der Waals surface area contributed by atoms with Crippen LogP contribution >= 0.6 is 22.9 Å². The number of hydrogen-bond donors (Lipinski definition) is 1. The first-order valence-electron chi connectivity index (χ1n) is 8.98. The van der Waals surface area contributed by atoms with Gasteiger partial charge in [-0.3, -0.25) is 14.5 Å². The quantitative estimate of drug-likeness (QED) is 0.688. The standard InChI is InChI=1S/C20H19ClN2O4S/c21-13-3-4-17-14(10-13)16(24)11-18(27-17)20(25)22-12-15(19-2-1-9-28-19)23-5-7-26-8-6-23/h1-4,9-11,15H,5-8,12H2,(H,22,25)/t15-/m1/s1. The van der Waals surface area contributed by atoms with E-state index in [-0.39, 0.29) is 17.2 Å². The van der Waals surface area contributed by atoms with E-state index in [9.17, 15) is 9.59 Å². The number of ether oxygens (including phenoxy) is 1. The molecule has 2 aromatic heterocycles. The van der Waals surface area contributed by atoms with Gasteiger partial charge in [-0.05, 0) is 29.6 Å². The topological polar surface area (TPSA) is 71.8 Å². The van der Waals surface area contributed by atoms with Crippen LogP contribution in [0.5, 0.6) is 0 Å². The number of carbonyl (C=O) groups excluding carboxylic acids is 1. The van der Waals surface area contributed by atoms with Crippen LogP contribution in [0.4, 0.5) is 0 Å². The predicted octanol–water partition coefficient (Wildman–Crippen LogP) is 3.31. The van der Waals surface area contributed by atoms with Crippen molar-refractivity contribution < 1.29 is 13.9 Å². The van der Waals surface area contributed by atoms with E-state index in [1.807, 2.05) is 11.4 Å². The summed E-state index contributed by atoms with van der Waals surface area (Å²) in [5, 5.41) is 5.74.